The summed E-state index contributed by atoms with van der Waals surface area (Å²) in [7, 11) is 0. The van der Waals surface area contributed by atoms with E-state index in [1.807, 2.05) is 13.8 Å². The molecule has 1 heterocycles. The van der Waals surface area contributed by atoms with Crippen molar-refractivity contribution in [3.05, 3.63) is 52.7 Å². The van der Waals surface area contributed by atoms with Gasteiger partial charge in [0.1, 0.15) is 17.4 Å². The third kappa shape index (κ3) is 4.20. The molecule has 2 rings (SSSR count). The molecule has 0 fully saturated rings. The number of hydrogen-bond acceptors (Lipinski definition) is 4. The lowest BCUT2D eigenvalue weighted by atomic mass is 10.2. The van der Waals surface area contributed by atoms with Gasteiger partial charge >= 0.3 is 0 Å². The lowest BCUT2D eigenvalue weighted by Gasteiger charge is -2.16. The number of hydrogen-bond donors (Lipinski definition) is 1. The molecule has 0 spiro atoms. The average Bonchev–Trinajstić information content (AvgIpc) is 2.96. The van der Waals surface area contributed by atoms with Crippen LogP contribution in [-0.4, -0.2) is 34.8 Å². The first kappa shape index (κ1) is 18.6. The molecule has 0 atom stereocenters. The molecule has 0 radical (unpaired) electrons. The first-order valence-electron chi connectivity index (χ1n) is 7.86. The number of oxazole rings is 1. The van der Waals surface area contributed by atoms with Crippen LogP contribution in [0.3, 0.4) is 0 Å². The van der Waals surface area contributed by atoms with Crippen LogP contribution in [0.5, 0.6) is 0 Å². The summed E-state index contributed by atoms with van der Waals surface area (Å²) in [5.41, 5.74) is -0.243. The third-order valence-corrected chi connectivity index (χ3v) is 3.67. The molecule has 0 bridgehead atoms. The Labute approximate surface area is 143 Å². The number of amides is 2. The molecule has 25 heavy (non-hydrogen) atoms. The zero-order valence-corrected chi connectivity index (χ0v) is 14.2. The van der Waals surface area contributed by atoms with Gasteiger partial charge in [-0.3, -0.25) is 9.59 Å². The van der Waals surface area contributed by atoms with Crippen LogP contribution < -0.4 is 5.32 Å². The van der Waals surface area contributed by atoms with E-state index < -0.39 is 23.1 Å². The lowest BCUT2D eigenvalue weighted by Crippen LogP contribution is -2.31. The smallest absolute Gasteiger partial charge is 0.276 e. The minimum Gasteiger partial charge on any atom is -0.443 e. The maximum absolute atomic E-state index is 13.6. The van der Waals surface area contributed by atoms with Crippen molar-refractivity contribution in [1.82, 2.24) is 15.2 Å². The molecule has 8 heteroatoms. The minimum absolute atomic E-state index is 0.109. The Morgan fingerprint density at radius 1 is 1.24 bits per heavy atom. The molecule has 1 aromatic carbocycles. The quantitative estimate of drug-likeness (QED) is 0.868. The van der Waals surface area contributed by atoms with Crippen molar-refractivity contribution in [3.8, 4) is 0 Å². The van der Waals surface area contributed by atoms with Crippen molar-refractivity contribution in [3.63, 3.8) is 0 Å². The third-order valence-electron chi connectivity index (χ3n) is 3.67. The summed E-state index contributed by atoms with van der Waals surface area (Å²) in [4.78, 5) is 29.9. The van der Waals surface area contributed by atoms with Crippen LogP contribution in [0.1, 0.15) is 46.3 Å². The van der Waals surface area contributed by atoms with Crippen molar-refractivity contribution in [2.24, 2.45) is 0 Å². The van der Waals surface area contributed by atoms with E-state index in [9.17, 15) is 18.4 Å². The number of aryl methyl sites for hydroxylation is 1. The van der Waals surface area contributed by atoms with Crippen molar-refractivity contribution < 1.29 is 22.8 Å². The average molecular weight is 351 g/mol. The molecule has 2 aromatic rings. The van der Waals surface area contributed by atoms with Gasteiger partial charge in [-0.1, -0.05) is 0 Å². The maximum Gasteiger partial charge on any atom is 0.276 e. The summed E-state index contributed by atoms with van der Waals surface area (Å²) < 4.78 is 32.1. The van der Waals surface area contributed by atoms with Crippen LogP contribution in [0.15, 0.2) is 22.6 Å². The fourth-order valence-electron chi connectivity index (χ4n) is 2.31. The fraction of sp³-hybridized carbons (Fsp3) is 0.353. The number of halogens is 2. The van der Waals surface area contributed by atoms with Gasteiger partial charge in [0.25, 0.3) is 11.8 Å². The molecule has 1 aromatic heterocycles. The summed E-state index contributed by atoms with van der Waals surface area (Å²) >= 11 is 0. The van der Waals surface area contributed by atoms with Crippen molar-refractivity contribution in [1.29, 1.82) is 0 Å². The van der Waals surface area contributed by atoms with E-state index in [0.29, 0.717) is 18.8 Å². The molecule has 0 saturated carbocycles. The Hall–Kier alpha value is -2.77. The van der Waals surface area contributed by atoms with Gasteiger partial charge in [0.2, 0.25) is 5.89 Å². The minimum atomic E-state index is -0.833. The van der Waals surface area contributed by atoms with Crippen LogP contribution in [-0.2, 0) is 6.54 Å². The first-order valence-corrected chi connectivity index (χ1v) is 7.86. The summed E-state index contributed by atoms with van der Waals surface area (Å²) in [6, 6.07) is 2.61. The van der Waals surface area contributed by atoms with E-state index in [-0.39, 0.29) is 24.0 Å². The SMILES string of the molecule is CCN(CC)C(=O)c1nc(CNC(=O)c2cc(F)ccc2F)oc1C. The second-order valence-electron chi connectivity index (χ2n) is 5.30. The highest BCUT2D eigenvalue weighted by atomic mass is 19.1. The summed E-state index contributed by atoms with van der Waals surface area (Å²) in [5, 5.41) is 2.39. The Morgan fingerprint density at radius 3 is 2.56 bits per heavy atom. The first-order chi connectivity index (χ1) is 11.9. The molecule has 2 amide bonds. The van der Waals surface area contributed by atoms with Gasteiger partial charge in [-0.15, -0.1) is 0 Å². The van der Waals surface area contributed by atoms with E-state index in [4.69, 9.17) is 4.42 Å². The van der Waals surface area contributed by atoms with Gasteiger partial charge in [0, 0.05) is 13.1 Å². The van der Waals surface area contributed by atoms with Crippen molar-refractivity contribution >= 4 is 11.8 Å². The zero-order chi connectivity index (χ0) is 18.6. The zero-order valence-electron chi connectivity index (χ0n) is 14.2. The van der Waals surface area contributed by atoms with Crippen molar-refractivity contribution in [2.75, 3.05) is 13.1 Å². The Kier molecular flexibility index (Phi) is 5.84. The van der Waals surface area contributed by atoms with Gasteiger partial charge < -0.3 is 14.6 Å². The lowest BCUT2D eigenvalue weighted by molar-refractivity contribution is 0.0766. The number of carbonyl (C=O) groups is 2. The predicted octanol–water partition coefficient (Wildman–Crippen LogP) is 2.67. The molecule has 1 N–H and O–H groups in total. The van der Waals surface area contributed by atoms with Crippen LogP contribution in [0.4, 0.5) is 8.78 Å². The Balaban J connectivity index is 2.09. The summed E-state index contributed by atoms with van der Waals surface area (Å²) in [5.74, 6) is -2.17. The monoisotopic (exact) mass is 351 g/mol. The molecule has 0 unspecified atom stereocenters. The second kappa shape index (κ2) is 7.87. The Bertz CT molecular complexity index is 785. The number of nitrogens with one attached hydrogen (secondary N) is 1. The molecular formula is C17H19F2N3O3. The van der Waals surface area contributed by atoms with E-state index in [0.717, 1.165) is 18.2 Å². The van der Waals surface area contributed by atoms with Gasteiger partial charge in [0.05, 0.1) is 12.1 Å². The summed E-state index contributed by atoms with van der Waals surface area (Å²) in [6.45, 7) is 6.22. The number of nitrogens with zero attached hydrogens (tertiary/aromatic N) is 2. The molecule has 0 saturated heterocycles. The largest absolute Gasteiger partial charge is 0.443 e. The van der Waals surface area contributed by atoms with Crippen LogP contribution in [0.25, 0.3) is 0 Å². The normalized spacial score (nSPS) is 10.6. The molecule has 0 aliphatic rings. The number of aromatic nitrogens is 1. The molecule has 0 aliphatic heterocycles. The summed E-state index contributed by atoms with van der Waals surface area (Å²) in [6.07, 6.45) is 0. The van der Waals surface area contributed by atoms with Crippen LogP contribution in [0.2, 0.25) is 0 Å². The van der Waals surface area contributed by atoms with Gasteiger partial charge in [-0.2, -0.15) is 0 Å². The molecule has 134 valence electrons. The van der Waals surface area contributed by atoms with E-state index in [2.05, 4.69) is 10.3 Å². The predicted molar refractivity (Wildman–Crippen MR) is 86.0 cm³/mol. The maximum atomic E-state index is 13.6. The molecule has 0 aliphatic carbocycles. The van der Waals surface area contributed by atoms with E-state index in [1.165, 1.54) is 0 Å². The Morgan fingerprint density at radius 2 is 1.92 bits per heavy atom. The number of benzene rings is 1. The number of carbonyl (C=O) groups excluding carboxylic acids is 2. The second-order valence-corrected chi connectivity index (χ2v) is 5.30. The molecular weight excluding hydrogens is 332 g/mol. The topological polar surface area (TPSA) is 75.4 Å². The number of rotatable bonds is 6. The van der Waals surface area contributed by atoms with Crippen LogP contribution >= 0.6 is 0 Å². The van der Waals surface area contributed by atoms with Gasteiger partial charge in [0.15, 0.2) is 5.69 Å². The van der Waals surface area contributed by atoms with Crippen LogP contribution in [0, 0.1) is 18.6 Å². The standard InChI is InChI=1S/C17H19F2N3O3/c1-4-22(5-2)17(24)15-10(3)25-14(21-15)9-20-16(23)12-8-11(18)6-7-13(12)19/h6-8H,4-5,9H2,1-3H3,(H,20,23). The van der Waals surface area contributed by atoms with Gasteiger partial charge in [-0.05, 0) is 39.0 Å². The van der Waals surface area contributed by atoms with Gasteiger partial charge in [-0.25, -0.2) is 13.8 Å². The highest BCUT2D eigenvalue weighted by molar-refractivity contribution is 5.94. The van der Waals surface area contributed by atoms with E-state index >= 15 is 0 Å². The van der Waals surface area contributed by atoms with E-state index in [1.54, 1.807) is 11.8 Å². The highest BCUT2D eigenvalue weighted by Gasteiger charge is 2.21. The van der Waals surface area contributed by atoms with Crippen molar-refractivity contribution in [2.45, 2.75) is 27.3 Å². The molecule has 6 nitrogen and oxygen atoms in total. The fourth-order valence-corrected chi connectivity index (χ4v) is 2.31. The highest BCUT2D eigenvalue weighted by Crippen LogP contribution is 2.14.